The van der Waals surface area contributed by atoms with Crippen LogP contribution < -0.4 is 92.5 Å². The number of hydrogen-bond acceptors (Lipinski definition) is 24. The number of nitrogens with one attached hydrogen (secondary N) is 12. The van der Waals surface area contributed by atoms with E-state index in [0.29, 0.717) is 5.56 Å². The molecule has 0 aliphatic heterocycles. The van der Waals surface area contributed by atoms with Gasteiger partial charge in [0.1, 0.15) is 78.3 Å². The first-order valence-corrected chi connectivity index (χ1v) is 35.8. The summed E-state index contributed by atoms with van der Waals surface area (Å²) in [6.07, 6.45) is -8.75. The van der Waals surface area contributed by atoms with Crippen molar-refractivity contribution in [2.24, 2.45) is 46.4 Å². The zero-order chi connectivity index (χ0) is 83.8. The van der Waals surface area contributed by atoms with E-state index < -0.39 is 243 Å². The molecule has 0 fully saturated rings. The lowest BCUT2D eigenvalue weighted by atomic mass is 10.00. The van der Waals surface area contributed by atoms with Crippen LogP contribution in [0.1, 0.15) is 157 Å². The van der Waals surface area contributed by atoms with Gasteiger partial charge in [-0.15, -0.1) is 0 Å². The quantitative estimate of drug-likeness (QED) is 0.0270. The van der Waals surface area contributed by atoms with E-state index in [2.05, 4.69) is 63.8 Å². The Morgan fingerprint density at radius 2 is 0.664 bits per heavy atom. The van der Waals surface area contributed by atoms with E-state index >= 15 is 0 Å². The van der Waals surface area contributed by atoms with Crippen molar-refractivity contribution in [2.75, 3.05) is 19.7 Å². The van der Waals surface area contributed by atoms with E-state index in [4.69, 9.17) is 28.7 Å². The van der Waals surface area contributed by atoms with Crippen LogP contribution in [0, 0.1) is 17.8 Å². The van der Waals surface area contributed by atoms with Gasteiger partial charge in [0, 0.05) is 12.8 Å². The summed E-state index contributed by atoms with van der Waals surface area (Å²) in [4.78, 5) is 240. The van der Waals surface area contributed by atoms with Gasteiger partial charge in [-0.2, -0.15) is 0 Å². The highest BCUT2D eigenvalue weighted by Gasteiger charge is 2.40. The molecule has 0 heterocycles. The van der Waals surface area contributed by atoms with Gasteiger partial charge < -0.3 is 128 Å². The third-order valence-corrected chi connectivity index (χ3v) is 16.4. The van der Waals surface area contributed by atoms with Crippen LogP contribution in [0.15, 0.2) is 24.3 Å². The number of aliphatic hydroxyl groups excluding tert-OH is 2. The molecule has 0 aliphatic carbocycles. The average Bonchev–Trinajstić information content (AvgIpc) is 0.852. The number of carboxylic acid groups (broad SMARTS) is 4. The fraction of sp³-hybridized carbons (Fsp3) is 0.647. The third-order valence-electron chi connectivity index (χ3n) is 16.4. The molecule has 14 amide bonds. The largest absolute Gasteiger partial charge is 0.508 e. The Balaban J connectivity index is 3.67. The fourth-order valence-corrected chi connectivity index (χ4v) is 10.7. The van der Waals surface area contributed by atoms with Crippen molar-refractivity contribution in [2.45, 2.75) is 242 Å². The lowest BCUT2D eigenvalue weighted by Gasteiger charge is -2.29. The normalized spacial score (nSPS) is 15.0. The molecule has 42 heteroatoms. The van der Waals surface area contributed by atoms with Gasteiger partial charge in [-0.1, -0.05) is 53.7 Å². The minimum absolute atomic E-state index is 0.0161. The number of carbonyl (C=O) groups excluding carboxylic acids is 14. The number of phenolic OH excluding ortho intramolecular Hbond substituents is 1. The molecule has 1 aromatic carbocycles. The van der Waals surface area contributed by atoms with Crippen molar-refractivity contribution in [1.29, 1.82) is 0 Å². The maximum absolute atomic E-state index is 14.4. The number of phenols is 1. The number of hydrogen-bond donors (Lipinski definition) is 24. The highest BCUT2D eigenvalue weighted by Crippen LogP contribution is 2.16. The molecule has 0 aliphatic rings. The van der Waals surface area contributed by atoms with Crippen molar-refractivity contribution in [3.05, 3.63) is 29.8 Å². The number of aliphatic carboxylic acids is 4. The molecular weight excluding hydrogens is 1450 g/mol. The van der Waals surface area contributed by atoms with Crippen LogP contribution in [0.25, 0.3) is 0 Å². The molecule has 0 unspecified atom stereocenters. The second kappa shape index (κ2) is 50.1. The van der Waals surface area contributed by atoms with Gasteiger partial charge in [0.25, 0.3) is 0 Å². The molecule has 618 valence electrons. The summed E-state index contributed by atoms with van der Waals surface area (Å²) < 4.78 is 0. The Morgan fingerprint density at radius 3 is 1.00 bits per heavy atom. The van der Waals surface area contributed by atoms with Crippen LogP contribution in [0.3, 0.4) is 0 Å². The second-order valence-electron chi connectivity index (χ2n) is 27.7. The molecule has 0 radical (unpaired) electrons. The predicted molar refractivity (Wildman–Crippen MR) is 387 cm³/mol. The molecular formula is C68H111N17O25. The van der Waals surface area contributed by atoms with Crippen molar-refractivity contribution in [3.63, 3.8) is 0 Å². The number of carboxylic acids is 4. The van der Waals surface area contributed by atoms with E-state index in [-0.39, 0.29) is 101 Å². The Labute approximate surface area is 634 Å². The van der Waals surface area contributed by atoms with E-state index in [1.54, 1.807) is 41.5 Å². The Bertz CT molecular complexity index is 3320. The molecule has 14 atom stereocenters. The SMILES string of the molecule is CC(C)C[C@H](NC(=O)[C@H](CC(C)C)NC(=O)[C@H](CC(=O)O)NC(=O)[C@H](CC(N)=O)NC(=O)[C@H](CC(N)=O)NC(=O)[C@H](CCCCN)NC(=O)[C@@H](NC(=O)[C@H](CCC(=O)O)NC(=O)[C@H](CCCCN)NC(=O)[C@H](CCC(=O)O)NC(=O)[C@H](CC(C)C)NC(=O)[C@H](CO)NC(=O)[C@@H](N)Cc1ccc(O)cc1)[C@@H](C)O)C(=O)O. The van der Waals surface area contributed by atoms with Crippen LogP contribution in [0.5, 0.6) is 5.75 Å². The van der Waals surface area contributed by atoms with Crippen molar-refractivity contribution in [1.82, 2.24) is 63.8 Å². The number of aliphatic hydroxyl groups is 2. The summed E-state index contributed by atoms with van der Waals surface area (Å²) >= 11 is 0. The minimum Gasteiger partial charge on any atom is -0.508 e. The van der Waals surface area contributed by atoms with Crippen molar-refractivity contribution >= 4 is 107 Å². The second-order valence-corrected chi connectivity index (χ2v) is 27.7. The highest BCUT2D eigenvalue weighted by atomic mass is 16.4. The van der Waals surface area contributed by atoms with E-state index in [1.807, 2.05) is 0 Å². The summed E-state index contributed by atoms with van der Waals surface area (Å²) in [6.45, 7) is 10.1. The number of unbranched alkanes of at least 4 members (excludes halogenated alkanes) is 2. The molecule has 1 rings (SSSR count). The van der Waals surface area contributed by atoms with Gasteiger partial charge in [0.05, 0.1) is 38.0 Å². The molecule has 110 heavy (non-hydrogen) atoms. The molecule has 42 nitrogen and oxygen atoms in total. The van der Waals surface area contributed by atoms with E-state index in [0.717, 1.165) is 6.92 Å². The Hall–Kier alpha value is -10.7. The van der Waals surface area contributed by atoms with Crippen LogP contribution in [0.2, 0.25) is 0 Å². The number of nitrogens with two attached hydrogens (primary N) is 5. The maximum atomic E-state index is 14.4. The lowest BCUT2D eigenvalue weighted by Crippen LogP contribution is -2.62. The van der Waals surface area contributed by atoms with Crippen molar-refractivity contribution < 1.29 is 122 Å². The monoisotopic (exact) mass is 1570 g/mol. The van der Waals surface area contributed by atoms with Crippen LogP contribution >= 0.6 is 0 Å². The molecule has 0 bridgehead atoms. The number of aromatic hydroxyl groups is 1. The van der Waals surface area contributed by atoms with Gasteiger partial charge in [0.2, 0.25) is 82.7 Å². The van der Waals surface area contributed by atoms with Gasteiger partial charge in [-0.3, -0.25) is 81.5 Å². The average molecular weight is 1570 g/mol. The topological polar surface area (TPSA) is 723 Å². The first-order chi connectivity index (χ1) is 51.4. The summed E-state index contributed by atoms with van der Waals surface area (Å²) in [6, 6.07) is -17.3. The molecule has 29 N–H and O–H groups in total. The predicted octanol–water partition coefficient (Wildman–Crippen LogP) is -7.11. The number of amides is 14. The van der Waals surface area contributed by atoms with Crippen LogP contribution in [-0.2, 0) is 92.7 Å². The smallest absolute Gasteiger partial charge is 0.326 e. The summed E-state index contributed by atoms with van der Waals surface area (Å²) in [7, 11) is 0. The number of benzene rings is 1. The zero-order valence-corrected chi connectivity index (χ0v) is 62.6. The van der Waals surface area contributed by atoms with E-state index in [1.165, 1.54) is 24.3 Å². The highest BCUT2D eigenvalue weighted by molar-refractivity contribution is 6.02. The number of rotatable bonds is 55. The maximum Gasteiger partial charge on any atom is 0.326 e. The summed E-state index contributed by atoms with van der Waals surface area (Å²) in [5.41, 5.74) is 28.9. The molecule has 0 aromatic heterocycles. The lowest BCUT2D eigenvalue weighted by molar-refractivity contribution is -0.143. The first-order valence-electron chi connectivity index (χ1n) is 35.8. The molecule has 1 aromatic rings. The fourth-order valence-electron chi connectivity index (χ4n) is 10.7. The zero-order valence-electron chi connectivity index (χ0n) is 62.6. The summed E-state index contributed by atoms with van der Waals surface area (Å²) in [5, 5.41) is 97.0. The number of carbonyl (C=O) groups is 18. The molecule has 0 saturated heterocycles. The van der Waals surface area contributed by atoms with E-state index in [9.17, 15) is 122 Å². The van der Waals surface area contributed by atoms with Gasteiger partial charge in [-0.05, 0) is 133 Å². The minimum atomic E-state index is -2.13. The third kappa shape index (κ3) is 38.4. The number of primary amides is 2. The van der Waals surface area contributed by atoms with Gasteiger partial charge in [0.15, 0.2) is 0 Å². The Kier molecular flexibility index (Phi) is 44.3. The molecule has 0 saturated carbocycles. The van der Waals surface area contributed by atoms with Gasteiger partial charge in [-0.25, -0.2) is 4.79 Å². The summed E-state index contributed by atoms with van der Waals surface area (Å²) in [5.74, 6) is -24.2. The first kappa shape index (κ1) is 97.3. The molecule has 0 spiro atoms. The van der Waals surface area contributed by atoms with Crippen LogP contribution in [0.4, 0.5) is 0 Å². The Morgan fingerprint density at radius 1 is 0.364 bits per heavy atom. The van der Waals surface area contributed by atoms with Crippen LogP contribution in [-0.4, -0.2) is 247 Å². The van der Waals surface area contributed by atoms with Crippen molar-refractivity contribution in [3.8, 4) is 5.75 Å². The standard InChI is InChI=1S/C68H111N17O25/c1-32(2)24-43(79-66(107)49(31-86)84-56(97)38(71)27-36-14-16-37(88)17-15-36)61(102)76-41(18-20-52(91)92)59(100)74-39(12-8-10-22-69)57(98)75-42(19-21-53(93)94)60(101)85-55(35(7)87)67(108)77-40(13-9-11-23-70)58(99)80-45(28-50(72)89)63(104)81-46(29-51(73)90)64(105)82-47(30-54(95)96)65(106)78-44(25-33(3)4)62(103)83-48(68(109)110)26-34(5)6/h14-17,32-35,38-49,55,86-88H,8-13,18-31,69-71H2,1-7H3,(H2,72,89)(H2,73,90)(H,74,100)(H,75,98)(H,76,102)(H,77,108)(H,78,106)(H,79,107)(H,80,99)(H,81,104)(H,82,105)(H,83,103)(H,84,97)(H,85,101)(H,91,92)(H,93,94)(H,95,96)(H,109,110)/t35-,38+,39+,40+,41+,42+,43+,44+,45+,46+,47+,48+,49+,55+/m1/s1. The van der Waals surface area contributed by atoms with Gasteiger partial charge >= 0.3 is 23.9 Å².